The van der Waals surface area contributed by atoms with Gasteiger partial charge in [0.1, 0.15) is 6.26 Å². The van der Waals surface area contributed by atoms with E-state index in [1.165, 1.54) is 12.8 Å². The first-order valence-corrected chi connectivity index (χ1v) is 6.18. The summed E-state index contributed by atoms with van der Waals surface area (Å²) in [5.41, 5.74) is 1.15. The van der Waals surface area contributed by atoms with Crippen LogP contribution < -0.4 is 0 Å². The van der Waals surface area contributed by atoms with Crippen LogP contribution in [-0.2, 0) is 0 Å². The average Bonchev–Trinajstić information content (AvgIpc) is 2.73. The summed E-state index contributed by atoms with van der Waals surface area (Å²) in [5.74, 6) is 1.93. The van der Waals surface area contributed by atoms with Crippen LogP contribution in [0.25, 0.3) is 0 Å². The Morgan fingerprint density at radius 3 is 2.53 bits per heavy atom. The van der Waals surface area contributed by atoms with E-state index in [9.17, 15) is 0 Å². The predicted molar refractivity (Wildman–Crippen MR) is 63.1 cm³/mol. The van der Waals surface area contributed by atoms with Crippen molar-refractivity contribution in [2.24, 2.45) is 0 Å². The summed E-state index contributed by atoms with van der Waals surface area (Å²) in [5, 5.41) is 0. The Morgan fingerprint density at radius 1 is 1.27 bits per heavy atom. The second-order valence-electron chi connectivity index (χ2n) is 4.31. The molecule has 0 fully saturated rings. The van der Waals surface area contributed by atoms with E-state index in [4.69, 9.17) is 4.42 Å². The maximum Gasteiger partial charge on any atom is 0.197 e. The SMILES string of the molecule is CCCC(CC)c1coc(C(C)CC)n1. The van der Waals surface area contributed by atoms with Crippen molar-refractivity contribution in [2.75, 3.05) is 0 Å². The van der Waals surface area contributed by atoms with Crippen molar-refractivity contribution >= 4 is 0 Å². The number of rotatable bonds is 6. The molecule has 0 bridgehead atoms. The Hall–Kier alpha value is -0.790. The second-order valence-corrected chi connectivity index (χ2v) is 4.31. The third-order valence-electron chi connectivity index (χ3n) is 3.12. The Balaban J connectivity index is 2.72. The highest BCUT2D eigenvalue weighted by Gasteiger charge is 2.16. The number of nitrogens with zero attached hydrogens (tertiary/aromatic N) is 1. The Morgan fingerprint density at radius 2 is 2.00 bits per heavy atom. The molecule has 0 spiro atoms. The van der Waals surface area contributed by atoms with Gasteiger partial charge in [-0.2, -0.15) is 0 Å². The maximum atomic E-state index is 5.54. The molecular weight excluding hydrogens is 186 g/mol. The molecule has 0 aliphatic carbocycles. The first-order chi connectivity index (χ1) is 7.22. The molecule has 2 atom stereocenters. The molecule has 2 unspecified atom stereocenters. The molecule has 1 heterocycles. The third-order valence-corrected chi connectivity index (χ3v) is 3.12. The third kappa shape index (κ3) is 3.08. The van der Waals surface area contributed by atoms with E-state index in [1.54, 1.807) is 0 Å². The molecule has 1 aromatic heterocycles. The molecule has 0 aliphatic heterocycles. The van der Waals surface area contributed by atoms with Crippen molar-refractivity contribution in [1.29, 1.82) is 0 Å². The van der Waals surface area contributed by atoms with Crippen LogP contribution in [0.4, 0.5) is 0 Å². The van der Waals surface area contributed by atoms with E-state index in [0.717, 1.165) is 24.4 Å². The minimum atomic E-state index is 0.442. The summed E-state index contributed by atoms with van der Waals surface area (Å²) in [6.45, 7) is 8.77. The smallest absolute Gasteiger partial charge is 0.197 e. The molecule has 0 saturated carbocycles. The highest BCUT2D eigenvalue weighted by molar-refractivity contribution is 5.05. The lowest BCUT2D eigenvalue weighted by Gasteiger charge is -2.09. The van der Waals surface area contributed by atoms with Gasteiger partial charge in [0.15, 0.2) is 5.89 Å². The van der Waals surface area contributed by atoms with Gasteiger partial charge in [0.05, 0.1) is 5.69 Å². The molecule has 0 N–H and O–H groups in total. The fourth-order valence-electron chi connectivity index (χ4n) is 1.80. The Bertz CT molecular complexity index is 280. The molecule has 86 valence electrons. The van der Waals surface area contributed by atoms with Gasteiger partial charge in [-0.25, -0.2) is 4.98 Å². The zero-order valence-electron chi connectivity index (χ0n) is 10.4. The molecule has 0 radical (unpaired) electrons. The minimum Gasteiger partial charge on any atom is -0.448 e. The van der Waals surface area contributed by atoms with E-state index < -0.39 is 0 Å². The second kappa shape index (κ2) is 5.94. The molecule has 1 rings (SSSR count). The maximum absolute atomic E-state index is 5.54. The van der Waals surface area contributed by atoms with Crippen LogP contribution in [0.2, 0.25) is 0 Å². The van der Waals surface area contributed by atoms with Crippen molar-refractivity contribution in [3.8, 4) is 0 Å². The molecule has 0 saturated heterocycles. The molecule has 0 aliphatic rings. The summed E-state index contributed by atoms with van der Waals surface area (Å²) in [7, 11) is 0. The van der Waals surface area contributed by atoms with Gasteiger partial charge in [0, 0.05) is 11.8 Å². The molecular formula is C13H23NO. The van der Waals surface area contributed by atoms with Crippen molar-refractivity contribution in [3.63, 3.8) is 0 Å². The summed E-state index contributed by atoms with van der Waals surface area (Å²) in [6.07, 6.45) is 6.52. The van der Waals surface area contributed by atoms with Crippen LogP contribution in [-0.4, -0.2) is 4.98 Å². The summed E-state index contributed by atoms with van der Waals surface area (Å²) in [6, 6.07) is 0. The largest absolute Gasteiger partial charge is 0.448 e. The van der Waals surface area contributed by atoms with Crippen LogP contribution >= 0.6 is 0 Å². The first-order valence-electron chi connectivity index (χ1n) is 6.18. The highest BCUT2D eigenvalue weighted by atomic mass is 16.3. The van der Waals surface area contributed by atoms with E-state index in [0.29, 0.717) is 11.8 Å². The Kier molecular flexibility index (Phi) is 4.86. The zero-order valence-corrected chi connectivity index (χ0v) is 10.4. The van der Waals surface area contributed by atoms with E-state index in [1.807, 2.05) is 6.26 Å². The summed E-state index contributed by atoms with van der Waals surface area (Å²) in [4.78, 5) is 4.60. The standard InChI is InChI=1S/C13H23NO/c1-5-8-11(7-3)12-9-15-13(14-12)10(4)6-2/h9-11H,5-8H2,1-4H3. The van der Waals surface area contributed by atoms with Gasteiger partial charge in [0.25, 0.3) is 0 Å². The van der Waals surface area contributed by atoms with Gasteiger partial charge >= 0.3 is 0 Å². The van der Waals surface area contributed by atoms with Gasteiger partial charge in [-0.1, -0.05) is 34.1 Å². The minimum absolute atomic E-state index is 0.442. The molecule has 0 aromatic carbocycles. The Labute approximate surface area is 93.1 Å². The van der Waals surface area contributed by atoms with Crippen LogP contribution in [0.5, 0.6) is 0 Å². The van der Waals surface area contributed by atoms with E-state index in [-0.39, 0.29) is 0 Å². The fraction of sp³-hybridized carbons (Fsp3) is 0.769. The first kappa shape index (κ1) is 12.3. The summed E-state index contributed by atoms with van der Waals surface area (Å²) < 4.78 is 5.54. The van der Waals surface area contributed by atoms with Crippen LogP contribution in [0, 0.1) is 0 Å². The monoisotopic (exact) mass is 209 g/mol. The van der Waals surface area contributed by atoms with Gasteiger partial charge in [0.2, 0.25) is 0 Å². The van der Waals surface area contributed by atoms with Gasteiger partial charge in [-0.05, 0) is 19.3 Å². The summed E-state index contributed by atoms with van der Waals surface area (Å²) >= 11 is 0. The van der Waals surface area contributed by atoms with Crippen LogP contribution in [0.15, 0.2) is 10.7 Å². The van der Waals surface area contributed by atoms with E-state index in [2.05, 4.69) is 32.7 Å². The lowest BCUT2D eigenvalue weighted by Crippen LogP contribution is -1.98. The van der Waals surface area contributed by atoms with E-state index >= 15 is 0 Å². The van der Waals surface area contributed by atoms with Crippen LogP contribution in [0.3, 0.4) is 0 Å². The zero-order chi connectivity index (χ0) is 11.3. The lowest BCUT2D eigenvalue weighted by molar-refractivity contribution is 0.452. The number of hydrogen-bond acceptors (Lipinski definition) is 2. The fourth-order valence-corrected chi connectivity index (χ4v) is 1.80. The molecule has 15 heavy (non-hydrogen) atoms. The van der Waals surface area contributed by atoms with Crippen molar-refractivity contribution in [1.82, 2.24) is 4.98 Å². The highest BCUT2D eigenvalue weighted by Crippen LogP contribution is 2.26. The van der Waals surface area contributed by atoms with Gasteiger partial charge in [-0.3, -0.25) is 0 Å². The molecule has 2 heteroatoms. The lowest BCUT2D eigenvalue weighted by atomic mass is 9.98. The normalized spacial score (nSPS) is 15.2. The molecule has 1 aromatic rings. The molecule has 2 nitrogen and oxygen atoms in total. The van der Waals surface area contributed by atoms with Crippen LogP contribution in [0.1, 0.15) is 76.8 Å². The predicted octanol–water partition coefficient (Wildman–Crippen LogP) is 4.48. The van der Waals surface area contributed by atoms with Crippen molar-refractivity contribution < 1.29 is 4.42 Å². The van der Waals surface area contributed by atoms with Crippen molar-refractivity contribution in [3.05, 3.63) is 17.8 Å². The number of hydrogen-bond donors (Lipinski definition) is 0. The number of aromatic nitrogens is 1. The van der Waals surface area contributed by atoms with Crippen molar-refractivity contribution in [2.45, 2.75) is 65.2 Å². The van der Waals surface area contributed by atoms with Gasteiger partial charge in [-0.15, -0.1) is 0 Å². The topological polar surface area (TPSA) is 26.0 Å². The van der Waals surface area contributed by atoms with Gasteiger partial charge < -0.3 is 4.42 Å². The average molecular weight is 209 g/mol. The number of oxazole rings is 1. The molecule has 0 amide bonds. The quantitative estimate of drug-likeness (QED) is 0.690.